The summed E-state index contributed by atoms with van der Waals surface area (Å²) in [6.45, 7) is 1.87. The molecule has 0 aliphatic heterocycles. The normalized spacial score (nSPS) is 12.4. The van der Waals surface area contributed by atoms with Crippen LogP contribution in [-0.2, 0) is 0 Å². The Balaban J connectivity index is 2.39. The minimum absolute atomic E-state index is 0.131. The second-order valence-corrected chi connectivity index (χ2v) is 4.45. The Kier molecular flexibility index (Phi) is 3.31. The molecule has 0 radical (unpaired) electrons. The van der Waals surface area contributed by atoms with Crippen molar-refractivity contribution in [2.45, 2.75) is 13.0 Å². The fourth-order valence-electron chi connectivity index (χ4n) is 1.41. The van der Waals surface area contributed by atoms with Crippen LogP contribution < -0.4 is 5.73 Å². The third-order valence-electron chi connectivity index (χ3n) is 2.26. The number of hydrogen-bond acceptors (Lipinski definition) is 3. The quantitative estimate of drug-likeness (QED) is 0.918. The molecule has 1 aromatic heterocycles. The largest absolute Gasteiger partial charge is 0.322 e. The molecule has 1 unspecified atom stereocenters. The van der Waals surface area contributed by atoms with E-state index in [0.29, 0.717) is 5.82 Å². The molecular formula is C12H12BrN3. The van der Waals surface area contributed by atoms with Gasteiger partial charge >= 0.3 is 0 Å². The van der Waals surface area contributed by atoms with Crippen LogP contribution in [0.25, 0.3) is 11.1 Å². The van der Waals surface area contributed by atoms with Crippen LogP contribution in [0.1, 0.15) is 18.8 Å². The van der Waals surface area contributed by atoms with Crippen molar-refractivity contribution < 1.29 is 0 Å². The Labute approximate surface area is 103 Å². The van der Waals surface area contributed by atoms with Gasteiger partial charge in [-0.2, -0.15) is 0 Å². The van der Waals surface area contributed by atoms with Gasteiger partial charge in [0.2, 0.25) is 0 Å². The summed E-state index contributed by atoms with van der Waals surface area (Å²) in [5.74, 6) is 0.663. The monoisotopic (exact) mass is 277 g/mol. The zero-order chi connectivity index (χ0) is 11.5. The zero-order valence-electron chi connectivity index (χ0n) is 8.89. The third-order valence-corrected chi connectivity index (χ3v) is 2.96. The van der Waals surface area contributed by atoms with Crippen molar-refractivity contribution >= 4 is 15.9 Å². The van der Waals surface area contributed by atoms with Crippen molar-refractivity contribution in [1.29, 1.82) is 0 Å². The Morgan fingerprint density at radius 3 is 2.38 bits per heavy atom. The second kappa shape index (κ2) is 4.72. The molecule has 2 N–H and O–H groups in total. The summed E-state index contributed by atoms with van der Waals surface area (Å²) < 4.78 is 1.03. The molecular weight excluding hydrogens is 266 g/mol. The van der Waals surface area contributed by atoms with Gasteiger partial charge in [-0.3, -0.25) is 0 Å². The minimum atomic E-state index is -0.131. The van der Waals surface area contributed by atoms with Crippen LogP contribution in [0.2, 0.25) is 0 Å². The van der Waals surface area contributed by atoms with E-state index in [1.165, 1.54) is 0 Å². The van der Waals surface area contributed by atoms with Gasteiger partial charge in [0.05, 0.1) is 6.04 Å². The van der Waals surface area contributed by atoms with Gasteiger partial charge < -0.3 is 5.73 Å². The van der Waals surface area contributed by atoms with Crippen molar-refractivity contribution in [3.8, 4) is 11.1 Å². The second-order valence-electron chi connectivity index (χ2n) is 3.60. The molecule has 2 aromatic rings. The molecule has 0 saturated carbocycles. The molecule has 1 aromatic carbocycles. The highest BCUT2D eigenvalue weighted by atomic mass is 79.9. The van der Waals surface area contributed by atoms with Crippen LogP contribution in [-0.4, -0.2) is 9.97 Å². The number of halogens is 1. The van der Waals surface area contributed by atoms with Gasteiger partial charge in [-0.15, -0.1) is 0 Å². The molecule has 0 aliphatic rings. The van der Waals surface area contributed by atoms with Gasteiger partial charge in [0.25, 0.3) is 0 Å². The first kappa shape index (κ1) is 11.2. The molecule has 0 fully saturated rings. The van der Waals surface area contributed by atoms with Crippen molar-refractivity contribution in [2.75, 3.05) is 0 Å². The zero-order valence-corrected chi connectivity index (χ0v) is 10.5. The number of benzene rings is 1. The number of nitrogens with zero attached hydrogens (tertiary/aromatic N) is 2. The van der Waals surface area contributed by atoms with Gasteiger partial charge in [0.15, 0.2) is 0 Å². The first-order valence-corrected chi connectivity index (χ1v) is 5.80. The number of aromatic nitrogens is 2. The van der Waals surface area contributed by atoms with Crippen LogP contribution >= 0.6 is 15.9 Å². The lowest BCUT2D eigenvalue weighted by atomic mass is 10.1. The van der Waals surface area contributed by atoms with E-state index in [0.717, 1.165) is 15.6 Å². The average molecular weight is 278 g/mol. The highest BCUT2D eigenvalue weighted by Crippen LogP contribution is 2.26. The summed E-state index contributed by atoms with van der Waals surface area (Å²) >= 11 is 3.50. The van der Waals surface area contributed by atoms with Crippen LogP contribution in [0.5, 0.6) is 0 Å². The molecule has 82 valence electrons. The fourth-order valence-corrected chi connectivity index (χ4v) is 1.92. The minimum Gasteiger partial charge on any atom is -0.322 e. The molecule has 0 spiro atoms. The van der Waals surface area contributed by atoms with Crippen LogP contribution in [0, 0.1) is 0 Å². The first-order chi connectivity index (χ1) is 7.68. The van der Waals surface area contributed by atoms with E-state index >= 15 is 0 Å². The van der Waals surface area contributed by atoms with E-state index in [1.807, 2.05) is 31.2 Å². The van der Waals surface area contributed by atoms with Crippen molar-refractivity contribution in [3.05, 3.63) is 47.0 Å². The van der Waals surface area contributed by atoms with Crippen LogP contribution in [0.15, 0.2) is 41.1 Å². The molecule has 2 rings (SSSR count). The average Bonchev–Trinajstić information content (AvgIpc) is 2.30. The summed E-state index contributed by atoms with van der Waals surface area (Å²) in [7, 11) is 0. The van der Waals surface area contributed by atoms with Crippen molar-refractivity contribution in [1.82, 2.24) is 9.97 Å². The number of hydrogen-bond donors (Lipinski definition) is 1. The topological polar surface area (TPSA) is 51.8 Å². The van der Waals surface area contributed by atoms with Crippen molar-refractivity contribution in [2.24, 2.45) is 5.73 Å². The predicted molar refractivity (Wildman–Crippen MR) is 67.8 cm³/mol. The third kappa shape index (κ3) is 2.28. The molecule has 16 heavy (non-hydrogen) atoms. The van der Waals surface area contributed by atoms with E-state index in [2.05, 4.69) is 25.9 Å². The highest BCUT2D eigenvalue weighted by Gasteiger charge is 2.05. The lowest BCUT2D eigenvalue weighted by Crippen LogP contribution is -2.09. The van der Waals surface area contributed by atoms with E-state index in [1.54, 1.807) is 12.4 Å². The molecule has 0 aliphatic carbocycles. The maximum Gasteiger partial charge on any atom is 0.144 e. The van der Waals surface area contributed by atoms with Gasteiger partial charge in [0, 0.05) is 22.4 Å². The fraction of sp³-hybridized carbons (Fsp3) is 0.167. The molecule has 4 heteroatoms. The Morgan fingerprint density at radius 1 is 1.19 bits per heavy atom. The summed E-state index contributed by atoms with van der Waals surface area (Å²) in [5, 5.41) is 0. The molecule has 0 bridgehead atoms. The Morgan fingerprint density at radius 2 is 1.81 bits per heavy atom. The van der Waals surface area contributed by atoms with Gasteiger partial charge in [-0.05, 0) is 18.6 Å². The van der Waals surface area contributed by atoms with Crippen LogP contribution in [0.4, 0.5) is 0 Å². The molecule has 0 saturated heterocycles. The Bertz CT molecular complexity index is 480. The molecule has 3 nitrogen and oxygen atoms in total. The summed E-state index contributed by atoms with van der Waals surface area (Å²) in [4.78, 5) is 8.48. The van der Waals surface area contributed by atoms with E-state index in [4.69, 9.17) is 5.73 Å². The van der Waals surface area contributed by atoms with Gasteiger partial charge in [0.1, 0.15) is 5.82 Å². The Hall–Kier alpha value is -1.26. The SMILES string of the molecule is CC(N)c1ncc(-c2ccccc2Br)cn1. The lowest BCUT2D eigenvalue weighted by molar-refractivity contribution is 0.739. The maximum atomic E-state index is 5.70. The smallest absolute Gasteiger partial charge is 0.144 e. The van der Waals surface area contributed by atoms with Gasteiger partial charge in [-0.1, -0.05) is 34.1 Å². The lowest BCUT2D eigenvalue weighted by Gasteiger charge is -2.06. The maximum absolute atomic E-state index is 5.70. The highest BCUT2D eigenvalue weighted by molar-refractivity contribution is 9.10. The molecule has 1 heterocycles. The summed E-state index contributed by atoms with van der Waals surface area (Å²) in [6.07, 6.45) is 3.59. The predicted octanol–water partition coefficient (Wildman–Crippen LogP) is 2.93. The van der Waals surface area contributed by atoms with Gasteiger partial charge in [-0.25, -0.2) is 9.97 Å². The first-order valence-electron chi connectivity index (χ1n) is 5.01. The summed E-state index contributed by atoms with van der Waals surface area (Å²) in [5.41, 5.74) is 7.76. The molecule has 0 amide bonds. The summed E-state index contributed by atoms with van der Waals surface area (Å²) in [6, 6.07) is 7.85. The number of nitrogens with two attached hydrogens (primary N) is 1. The standard InChI is InChI=1S/C12H12BrN3/c1-8(14)12-15-6-9(7-16-12)10-4-2-3-5-11(10)13/h2-8H,14H2,1H3. The number of rotatable bonds is 2. The molecule has 1 atom stereocenters. The van der Waals surface area contributed by atoms with E-state index in [-0.39, 0.29) is 6.04 Å². The van der Waals surface area contributed by atoms with E-state index in [9.17, 15) is 0 Å². The van der Waals surface area contributed by atoms with Crippen LogP contribution in [0.3, 0.4) is 0 Å². The van der Waals surface area contributed by atoms with Crippen molar-refractivity contribution in [3.63, 3.8) is 0 Å². The van der Waals surface area contributed by atoms with E-state index < -0.39 is 0 Å².